The first-order valence-corrected chi connectivity index (χ1v) is 7.85. The van der Waals surface area contributed by atoms with E-state index in [1.165, 1.54) is 11.8 Å². The number of imidazole rings is 1. The number of aromatic nitrogens is 2. The molecule has 0 N–H and O–H groups in total. The molecule has 0 aliphatic carbocycles. The quantitative estimate of drug-likeness (QED) is 0.603. The van der Waals surface area contributed by atoms with Crippen LogP contribution in [0.25, 0.3) is 11.0 Å². The van der Waals surface area contributed by atoms with Crippen molar-refractivity contribution in [3.8, 4) is 0 Å². The molecule has 0 bridgehead atoms. The Morgan fingerprint density at radius 2 is 2.00 bits per heavy atom. The predicted octanol–water partition coefficient (Wildman–Crippen LogP) is 1.94. The first-order valence-electron chi connectivity index (χ1n) is 7.85. The molecule has 0 atom stereocenters. The maximum atomic E-state index is 5.31. The molecule has 0 radical (unpaired) electrons. The minimum Gasteiger partial charge on any atom is -0.500 e. The standard InChI is InChI=1S/C17H24N4O/c1-3-22-13-12-21-16-7-5-4-6-15(16)18-17(21)14-20-10-8-19(2)9-11-20/h3-7H,1,8-14H2,2H3. The van der Waals surface area contributed by atoms with E-state index < -0.39 is 0 Å². The lowest BCUT2D eigenvalue weighted by atomic mass is 10.3. The van der Waals surface area contributed by atoms with Crippen molar-refractivity contribution in [1.29, 1.82) is 0 Å². The second kappa shape index (κ2) is 6.94. The number of fused-ring (bicyclic) bond motifs is 1. The molecule has 118 valence electrons. The van der Waals surface area contributed by atoms with Gasteiger partial charge in [-0.2, -0.15) is 0 Å². The average molecular weight is 300 g/mol. The van der Waals surface area contributed by atoms with Gasteiger partial charge in [-0.3, -0.25) is 4.90 Å². The Kier molecular flexibility index (Phi) is 4.75. The summed E-state index contributed by atoms with van der Waals surface area (Å²) < 4.78 is 7.58. The van der Waals surface area contributed by atoms with Gasteiger partial charge in [0.2, 0.25) is 0 Å². The SMILES string of the molecule is C=COCCn1c(CN2CCN(C)CC2)nc2ccccc21. The molecule has 0 unspecified atom stereocenters. The van der Waals surface area contributed by atoms with Gasteiger partial charge in [0.1, 0.15) is 12.4 Å². The fourth-order valence-electron chi connectivity index (χ4n) is 2.93. The van der Waals surface area contributed by atoms with E-state index >= 15 is 0 Å². The zero-order valence-electron chi connectivity index (χ0n) is 13.2. The van der Waals surface area contributed by atoms with Gasteiger partial charge in [-0.25, -0.2) is 4.98 Å². The molecular weight excluding hydrogens is 276 g/mol. The third-order valence-electron chi connectivity index (χ3n) is 4.25. The second-order valence-corrected chi connectivity index (χ2v) is 5.79. The lowest BCUT2D eigenvalue weighted by Crippen LogP contribution is -2.44. The van der Waals surface area contributed by atoms with Crippen LogP contribution < -0.4 is 0 Å². The number of hydrogen-bond acceptors (Lipinski definition) is 4. The van der Waals surface area contributed by atoms with Gasteiger partial charge < -0.3 is 14.2 Å². The van der Waals surface area contributed by atoms with E-state index in [9.17, 15) is 0 Å². The predicted molar refractivity (Wildman–Crippen MR) is 88.7 cm³/mol. The van der Waals surface area contributed by atoms with Gasteiger partial charge in [-0.15, -0.1) is 0 Å². The molecule has 1 aliphatic heterocycles. The highest BCUT2D eigenvalue weighted by atomic mass is 16.5. The van der Waals surface area contributed by atoms with Gasteiger partial charge >= 0.3 is 0 Å². The smallest absolute Gasteiger partial charge is 0.124 e. The molecule has 1 aromatic carbocycles. The topological polar surface area (TPSA) is 33.5 Å². The largest absolute Gasteiger partial charge is 0.500 e. The van der Waals surface area contributed by atoms with Crippen molar-refractivity contribution in [3.05, 3.63) is 42.9 Å². The summed E-state index contributed by atoms with van der Waals surface area (Å²) in [5.74, 6) is 1.12. The third-order valence-corrected chi connectivity index (χ3v) is 4.25. The van der Waals surface area contributed by atoms with Crippen LogP contribution in [0.1, 0.15) is 5.82 Å². The van der Waals surface area contributed by atoms with Gasteiger partial charge in [-0.1, -0.05) is 18.7 Å². The molecule has 5 nitrogen and oxygen atoms in total. The van der Waals surface area contributed by atoms with Crippen molar-refractivity contribution in [1.82, 2.24) is 19.4 Å². The molecule has 2 heterocycles. The molecular formula is C17H24N4O. The third kappa shape index (κ3) is 3.31. The number of benzene rings is 1. The Morgan fingerprint density at radius 1 is 1.23 bits per heavy atom. The van der Waals surface area contributed by atoms with Gasteiger partial charge in [-0.05, 0) is 19.2 Å². The molecule has 0 amide bonds. The number of likely N-dealkylation sites (N-methyl/N-ethyl adjacent to an activating group) is 1. The van der Waals surface area contributed by atoms with E-state index in [-0.39, 0.29) is 0 Å². The van der Waals surface area contributed by atoms with Crippen molar-refractivity contribution in [2.45, 2.75) is 13.1 Å². The molecule has 1 aromatic heterocycles. The van der Waals surface area contributed by atoms with Crippen molar-refractivity contribution < 1.29 is 4.74 Å². The van der Waals surface area contributed by atoms with E-state index in [1.54, 1.807) is 0 Å². The van der Waals surface area contributed by atoms with Crippen molar-refractivity contribution in [2.24, 2.45) is 0 Å². The maximum Gasteiger partial charge on any atom is 0.124 e. The molecule has 0 saturated carbocycles. The molecule has 1 aliphatic rings. The van der Waals surface area contributed by atoms with Gasteiger partial charge in [0.15, 0.2) is 0 Å². The summed E-state index contributed by atoms with van der Waals surface area (Å²) in [7, 11) is 2.18. The minimum absolute atomic E-state index is 0.625. The van der Waals surface area contributed by atoms with E-state index in [2.05, 4.69) is 46.2 Å². The molecule has 22 heavy (non-hydrogen) atoms. The molecule has 1 saturated heterocycles. The lowest BCUT2D eigenvalue weighted by molar-refractivity contribution is 0.143. The number of hydrogen-bond donors (Lipinski definition) is 0. The maximum absolute atomic E-state index is 5.31. The van der Waals surface area contributed by atoms with Crippen LogP contribution in [0.5, 0.6) is 0 Å². The van der Waals surface area contributed by atoms with Crippen molar-refractivity contribution in [3.63, 3.8) is 0 Å². The molecule has 2 aromatic rings. The highest BCUT2D eigenvalue weighted by Gasteiger charge is 2.17. The molecule has 3 rings (SSSR count). The van der Waals surface area contributed by atoms with Crippen LogP contribution in [0.2, 0.25) is 0 Å². The van der Waals surface area contributed by atoms with E-state index in [4.69, 9.17) is 9.72 Å². The van der Waals surface area contributed by atoms with E-state index in [0.29, 0.717) is 6.61 Å². The summed E-state index contributed by atoms with van der Waals surface area (Å²) in [6.45, 7) is 10.4. The van der Waals surface area contributed by atoms with Gasteiger partial charge in [0.05, 0.1) is 30.4 Å². The zero-order valence-corrected chi connectivity index (χ0v) is 13.2. The summed E-state index contributed by atoms with van der Waals surface area (Å²) in [6.07, 6.45) is 1.50. The average Bonchev–Trinajstić information content (AvgIpc) is 2.88. The van der Waals surface area contributed by atoms with Crippen LogP contribution >= 0.6 is 0 Å². The zero-order chi connectivity index (χ0) is 15.4. The highest BCUT2D eigenvalue weighted by molar-refractivity contribution is 5.75. The first-order chi connectivity index (χ1) is 10.8. The van der Waals surface area contributed by atoms with Crippen LogP contribution in [-0.4, -0.2) is 59.2 Å². The number of piperazine rings is 1. The Bertz CT molecular complexity index is 629. The number of para-hydroxylation sites is 2. The summed E-state index contributed by atoms with van der Waals surface area (Å²) in [5.41, 5.74) is 2.24. The van der Waals surface area contributed by atoms with Crippen LogP contribution in [0.4, 0.5) is 0 Å². The Hall–Kier alpha value is -1.85. The summed E-state index contributed by atoms with van der Waals surface area (Å²) in [6, 6.07) is 8.31. The van der Waals surface area contributed by atoms with Crippen molar-refractivity contribution >= 4 is 11.0 Å². The van der Waals surface area contributed by atoms with Crippen LogP contribution in [0, 0.1) is 0 Å². The van der Waals surface area contributed by atoms with Crippen LogP contribution in [0.15, 0.2) is 37.1 Å². The van der Waals surface area contributed by atoms with Gasteiger partial charge in [0.25, 0.3) is 0 Å². The van der Waals surface area contributed by atoms with Crippen molar-refractivity contribution in [2.75, 3.05) is 39.8 Å². The second-order valence-electron chi connectivity index (χ2n) is 5.79. The number of rotatable bonds is 6. The minimum atomic E-state index is 0.625. The normalized spacial score (nSPS) is 17.0. The Labute approximate surface area is 131 Å². The monoisotopic (exact) mass is 300 g/mol. The Balaban J connectivity index is 1.80. The molecule has 5 heteroatoms. The fraction of sp³-hybridized carbons (Fsp3) is 0.471. The van der Waals surface area contributed by atoms with E-state index in [0.717, 1.165) is 50.6 Å². The molecule has 0 spiro atoms. The Morgan fingerprint density at radius 3 is 2.77 bits per heavy atom. The van der Waals surface area contributed by atoms with Crippen LogP contribution in [0.3, 0.4) is 0 Å². The molecule has 1 fully saturated rings. The van der Waals surface area contributed by atoms with E-state index in [1.807, 2.05) is 6.07 Å². The number of nitrogens with zero attached hydrogens (tertiary/aromatic N) is 4. The fourth-order valence-corrected chi connectivity index (χ4v) is 2.93. The van der Waals surface area contributed by atoms with Crippen LogP contribution in [-0.2, 0) is 17.8 Å². The highest BCUT2D eigenvalue weighted by Crippen LogP contribution is 2.18. The number of ether oxygens (including phenoxy) is 1. The summed E-state index contributed by atoms with van der Waals surface area (Å²) in [4.78, 5) is 9.68. The lowest BCUT2D eigenvalue weighted by Gasteiger charge is -2.32. The van der Waals surface area contributed by atoms with Gasteiger partial charge in [0, 0.05) is 26.2 Å². The summed E-state index contributed by atoms with van der Waals surface area (Å²) >= 11 is 0. The first kappa shape index (κ1) is 15.1. The summed E-state index contributed by atoms with van der Waals surface area (Å²) in [5, 5.41) is 0.